The van der Waals surface area contributed by atoms with Gasteiger partial charge >= 0.3 is 0 Å². The van der Waals surface area contributed by atoms with E-state index in [4.69, 9.17) is 4.74 Å². The van der Waals surface area contributed by atoms with E-state index in [-0.39, 0.29) is 29.0 Å². The van der Waals surface area contributed by atoms with E-state index in [9.17, 15) is 19.5 Å². The van der Waals surface area contributed by atoms with Gasteiger partial charge in [-0.25, -0.2) is 0 Å². The number of nitrogens with one attached hydrogen (secondary N) is 1. The van der Waals surface area contributed by atoms with E-state index in [1.54, 1.807) is 6.08 Å². The highest BCUT2D eigenvalue weighted by molar-refractivity contribution is 5.97. The molecule has 1 saturated heterocycles. The van der Waals surface area contributed by atoms with E-state index < -0.39 is 17.3 Å². The maximum Gasteiger partial charge on any atom is 0.270 e. The fraction of sp³-hybridized carbons (Fsp3) is 0.583. The lowest BCUT2D eigenvalue weighted by Gasteiger charge is -2.52. The molecule has 10 nitrogen and oxygen atoms in total. The van der Waals surface area contributed by atoms with Crippen molar-refractivity contribution in [3.8, 4) is 5.88 Å². The summed E-state index contributed by atoms with van der Waals surface area (Å²) in [4.78, 5) is 41.0. The zero-order valence-electron chi connectivity index (χ0n) is 19.6. The fourth-order valence-corrected chi connectivity index (χ4v) is 4.88. The van der Waals surface area contributed by atoms with E-state index in [0.29, 0.717) is 37.5 Å². The number of carbonyl (C=O) groups is 2. The molecule has 2 saturated carbocycles. The van der Waals surface area contributed by atoms with E-state index in [1.165, 1.54) is 21.4 Å². The molecule has 1 spiro atoms. The van der Waals surface area contributed by atoms with E-state index >= 15 is 0 Å². The van der Waals surface area contributed by atoms with Crippen molar-refractivity contribution in [2.75, 3.05) is 19.8 Å². The van der Waals surface area contributed by atoms with Gasteiger partial charge in [-0.05, 0) is 44.1 Å². The van der Waals surface area contributed by atoms with Gasteiger partial charge in [0, 0.05) is 30.8 Å². The molecule has 0 atom stereocenters. The normalized spacial score (nSPS) is 19.8. The summed E-state index contributed by atoms with van der Waals surface area (Å²) in [6.45, 7) is 5.90. The second-order valence-corrected chi connectivity index (χ2v) is 10.0. The minimum absolute atomic E-state index is 0.0434. The lowest BCUT2D eigenvalue weighted by Crippen LogP contribution is -2.62. The van der Waals surface area contributed by atoms with Gasteiger partial charge in [-0.15, -0.1) is 0 Å². The highest BCUT2D eigenvalue weighted by atomic mass is 16.5. The monoisotopic (exact) mass is 469 g/mol. The first-order valence-corrected chi connectivity index (χ1v) is 12.0. The number of hydrogen-bond donors (Lipinski definition) is 2. The Hall–Kier alpha value is -3.14. The minimum atomic E-state index is -0.592. The van der Waals surface area contributed by atoms with Crippen molar-refractivity contribution in [1.29, 1.82) is 0 Å². The van der Waals surface area contributed by atoms with E-state index in [1.807, 2.05) is 18.7 Å². The highest BCUT2D eigenvalue weighted by Crippen LogP contribution is 2.39. The topological polar surface area (TPSA) is 118 Å². The third-order valence-corrected chi connectivity index (χ3v) is 6.96. The number of nitrogens with zero attached hydrogens (tertiary/aromatic N) is 4. The second-order valence-electron chi connectivity index (χ2n) is 10.0. The summed E-state index contributed by atoms with van der Waals surface area (Å²) in [6, 6.07) is 0.0434. The van der Waals surface area contributed by atoms with Crippen molar-refractivity contribution < 1.29 is 19.4 Å². The van der Waals surface area contributed by atoms with Crippen molar-refractivity contribution >= 4 is 23.5 Å². The van der Waals surface area contributed by atoms with Gasteiger partial charge < -0.3 is 20.1 Å². The Kier molecular flexibility index (Phi) is 5.71. The molecule has 2 N–H and O–H groups in total. The number of fused-ring (bicyclic) bond motifs is 1. The van der Waals surface area contributed by atoms with Crippen LogP contribution in [0.25, 0.3) is 11.7 Å². The molecule has 2 amide bonds. The minimum Gasteiger partial charge on any atom is -0.492 e. The molecule has 3 heterocycles. The molecule has 182 valence electrons. The lowest BCUT2D eigenvalue weighted by molar-refractivity contribution is -0.153. The van der Waals surface area contributed by atoms with Crippen LogP contribution in [0.15, 0.2) is 17.1 Å². The number of morpholine rings is 1. The molecular weight excluding hydrogens is 438 g/mol. The third-order valence-electron chi connectivity index (χ3n) is 6.96. The predicted octanol–water partition coefficient (Wildman–Crippen LogP) is 1.54. The quantitative estimate of drug-likeness (QED) is 0.620. The first-order valence-electron chi connectivity index (χ1n) is 12.0. The van der Waals surface area contributed by atoms with Gasteiger partial charge in [0.05, 0.1) is 24.9 Å². The number of aromatic nitrogens is 3. The Morgan fingerprint density at radius 1 is 1.35 bits per heavy atom. The molecule has 3 fully saturated rings. The van der Waals surface area contributed by atoms with E-state index in [0.717, 1.165) is 32.1 Å². The molecule has 0 radical (unpaired) electrons. The van der Waals surface area contributed by atoms with Crippen LogP contribution in [0, 0.1) is 5.92 Å². The summed E-state index contributed by atoms with van der Waals surface area (Å²) >= 11 is 0. The Balaban J connectivity index is 1.52. The average molecular weight is 470 g/mol. The third kappa shape index (κ3) is 3.89. The smallest absolute Gasteiger partial charge is 0.270 e. The number of aromatic hydroxyl groups is 1. The van der Waals surface area contributed by atoms with Crippen molar-refractivity contribution in [2.24, 2.45) is 5.92 Å². The van der Waals surface area contributed by atoms with Crippen molar-refractivity contribution in [3.05, 3.63) is 33.8 Å². The van der Waals surface area contributed by atoms with Crippen molar-refractivity contribution in [1.82, 2.24) is 24.4 Å². The maximum absolute atomic E-state index is 13.3. The average Bonchev–Trinajstić information content (AvgIpc) is 3.49. The fourth-order valence-electron chi connectivity index (χ4n) is 4.88. The maximum atomic E-state index is 13.3. The van der Waals surface area contributed by atoms with Crippen LogP contribution in [0.2, 0.25) is 0 Å². The molecule has 1 aliphatic heterocycles. The van der Waals surface area contributed by atoms with Gasteiger partial charge in [0.15, 0.2) is 5.56 Å². The highest BCUT2D eigenvalue weighted by Gasteiger charge is 2.46. The zero-order valence-corrected chi connectivity index (χ0v) is 19.6. The van der Waals surface area contributed by atoms with Gasteiger partial charge in [0.25, 0.3) is 11.5 Å². The first kappa shape index (κ1) is 22.6. The molecule has 2 aliphatic carbocycles. The Bertz CT molecular complexity index is 1220. The lowest BCUT2D eigenvalue weighted by atomic mass is 9.75. The first-order chi connectivity index (χ1) is 16.3. The van der Waals surface area contributed by atoms with Crippen molar-refractivity contribution in [3.63, 3.8) is 0 Å². The van der Waals surface area contributed by atoms with Gasteiger partial charge in [0.1, 0.15) is 5.65 Å². The van der Waals surface area contributed by atoms with Crippen molar-refractivity contribution in [2.45, 2.75) is 64.1 Å². The summed E-state index contributed by atoms with van der Waals surface area (Å²) in [7, 11) is 0. The van der Waals surface area contributed by atoms with Crippen LogP contribution < -0.4 is 10.9 Å². The number of amides is 2. The summed E-state index contributed by atoms with van der Waals surface area (Å²) in [5, 5.41) is 17.8. The second kappa shape index (κ2) is 8.57. The molecule has 34 heavy (non-hydrogen) atoms. The van der Waals surface area contributed by atoms with Gasteiger partial charge in [-0.2, -0.15) is 9.61 Å². The predicted molar refractivity (Wildman–Crippen MR) is 125 cm³/mol. The van der Waals surface area contributed by atoms with E-state index in [2.05, 4.69) is 10.4 Å². The molecule has 0 aromatic carbocycles. The summed E-state index contributed by atoms with van der Waals surface area (Å²) < 4.78 is 8.29. The number of carbonyl (C=O) groups excluding carboxylic acids is 2. The largest absolute Gasteiger partial charge is 0.492 e. The van der Waals surface area contributed by atoms with Crippen LogP contribution in [0.5, 0.6) is 5.88 Å². The molecule has 5 rings (SSSR count). The molecular formula is C24H31N5O5. The summed E-state index contributed by atoms with van der Waals surface area (Å²) in [5.41, 5.74) is -0.215. The van der Waals surface area contributed by atoms with Crippen LogP contribution >= 0.6 is 0 Å². The summed E-state index contributed by atoms with van der Waals surface area (Å²) in [5.74, 6) is -1.09. The van der Waals surface area contributed by atoms with Crippen LogP contribution in [0.4, 0.5) is 0 Å². The number of hydrogen-bond acceptors (Lipinski definition) is 6. The summed E-state index contributed by atoms with van der Waals surface area (Å²) in [6.07, 6.45) is 9.32. The number of ether oxygens (including phenoxy) is 1. The van der Waals surface area contributed by atoms with Crippen LogP contribution in [0.3, 0.4) is 0 Å². The Morgan fingerprint density at radius 2 is 2.12 bits per heavy atom. The Morgan fingerprint density at radius 3 is 2.76 bits per heavy atom. The molecule has 2 aromatic rings. The van der Waals surface area contributed by atoms with Crippen LogP contribution in [0.1, 0.15) is 61.9 Å². The molecule has 0 unspecified atom stereocenters. The van der Waals surface area contributed by atoms with Gasteiger partial charge in [-0.3, -0.25) is 19.0 Å². The number of rotatable bonds is 6. The molecule has 0 bridgehead atoms. The molecule has 10 heteroatoms. The zero-order chi connectivity index (χ0) is 24.0. The SMILES string of the molecule is CC(C)Cn1c(=O)c(C(=O)NC2CC2)c(O)n2ncc(/C=C/C(=O)N3CCOCC34CCC4)c12. The molecule has 2 aromatic heterocycles. The van der Waals surface area contributed by atoms with Gasteiger partial charge in [-0.1, -0.05) is 13.8 Å². The standard InChI is InChI=1S/C24H31N5O5/c1-15(2)13-27-21-16(4-7-18(30)28-10-11-34-14-24(28)8-3-9-24)12-25-29(21)23(33)19(22(27)32)20(31)26-17-5-6-17/h4,7,12,15,17,33H,3,5-6,8-11,13-14H2,1-2H3,(H,26,31)/b7-4+. The van der Waals surface area contributed by atoms with Crippen LogP contribution in [-0.2, 0) is 16.1 Å². The van der Waals surface area contributed by atoms with Gasteiger partial charge in [0.2, 0.25) is 11.8 Å². The molecule has 3 aliphatic rings. The Labute approximate surface area is 197 Å². The van der Waals surface area contributed by atoms with Crippen LogP contribution in [-0.4, -0.2) is 67.3 Å².